The molecule has 1 aliphatic carbocycles. The van der Waals surface area contributed by atoms with Crippen molar-refractivity contribution in [1.29, 1.82) is 0 Å². The van der Waals surface area contributed by atoms with E-state index < -0.39 is 0 Å². The maximum atomic E-state index is 6.02. The minimum Gasteiger partial charge on any atom is -0.464 e. The largest absolute Gasteiger partial charge is 0.464 e. The molecule has 1 fully saturated rings. The van der Waals surface area contributed by atoms with Crippen molar-refractivity contribution in [3.8, 4) is 0 Å². The summed E-state index contributed by atoms with van der Waals surface area (Å²) in [5.74, 6) is 2.82. The van der Waals surface area contributed by atoms with Crippen LogP contribution in [0.2, 0.25) is 0 Å². The minimum absolute atomic E-state index is 0.111. The smallest absolute Gasteiger partial charge is 0.121 e. The molecule has 0 saturated heterocycles. The third kappa shape index (κ3) is 1.94. The Bertz CT molecular complexity index is 280. The van der Waals surface area contributed by atoms with E-state index in [0.29, 0.717) is 0 Å². The van der Waals surface area contributed by atoms with Crippen LogP contribution in [0.3, 0.4) is 0 Å². The van der Waals surface area contributed by atoms with Crippen LogP contribution in [0.25, 0.3) is 0 Å². The molecule has 1 aliphatic rings. The monoisotopic (exact) mass is 179 g/mol. The molecule has 13 heavy (non-hydrogen) atoms. The molecule has 0 amide bonds. The van der Waals surface area contributed by atoms with Gasteiger partial charge in [-0.25, -0.2) is 0 Å². The minimum atomic E-state index is 0.111. The number of hydrogen-bond donors (Lipinski definition) is 1. The Labute approximate surface area is 79.1 Å². The summed E-state index contributed by atoms with van der Waals surface area (Å²) in [4.78, 5) is 0. The second-order valence-electron chi connectivity index (χ2n) is 4.17. The van der Waals surface area contributed by atoms with Gasteiger partial charge in [0.2, 0.25) is 0 Å². The highest BCUT2D eigenvalue weighted by atomic mass is 16.3. The first-order valence-corrected chi connectivity index (χ1v) is 4.99. The predicted molar refractivity (Wildman–Crippen MR) is 52.5 cm³/mol. The molecule has 1 saturated carbocycles. The first kappa shape index (κ1) is 8.82. The van der Waals surface area contributed by atoms with E-state index >= 15 is 0 Å². The van der Waals surface area contributed by atoms with Gasteiger partial charge in [-0.15, -0.1) is 0 Å². The lowest BCUT2D eigenvalue weighted by molar-refractivity contribution is 0.424. The summed E-state index contributed by atoms with van der Waals surface area (Å²) in [6.45, 7) is 4.05. The van der Waals surface area contributed by atoms with Gasteiger partial charge < -0.3 is 10.2 Å². The molecule has 2 nitrogen and oxygen atoms in total. The van der Waals surface area contributed by atoms with Crippen LogP contribution >= 0.6 is 0 Å². The van der Waals surface area contributed by atoms with E-state index in [1.807, 2.05) is 6.92 Å². The van der Waals surface area contributed by atoms with Gasteiger partial charge in [-0.1, -0.05) is 12.8 Å². The van der Waals surface area contributed by atoms with Crippen molar-refractivity contribution in [2.45, 2.75) is 39.2 Å². The van der Waals surface area contributed by atoms with Gasteiger partial charge in [0.05, 0.1) is 6.04 Å². The van der Waals surface area contributed by atoms with Crippen LogP contribution in [0, 0.1) is 19.8 Å². The van der Waals surface area contributed by atoms with Gasteiger partial charge in [0.15, 0.2) is 0 Å². The molecule has 1 atom stereocenters. The Morgan fingerprint density at radius 2 is 2.23 bits per heavy atom. The SMILES string of the molecule is Cc1cc([C@@H](N)CC2CC2)oc1C. The van der Waals surface area contributed by atoms with E-state index in [2.05, 4.69) is 13.0 Å². The number of furan rings is 1. The van der Waals surface area contributed by atoms with Gasteiger partial charge in [-0.2, -0.15) is 0 Å². The molecule has 2 rings (SSSR count). The Balaban J connectivity index is 2.05. The second-order valence-corrected chi connectivity index (χ2v) is 4.17. The van der Waals surface area contributed by atoms with Crippen LogP contribution in [0.15, 0.2) is 10.5 Å². The molecule has 1 aromatic heterocycles. The van der Waals surface area contributed by atoms with Crippen molar-refractivity contribution in [2.75, 3.05) is 0 Å². The van der Waals surface area contributed by atoms with Gasteiger partial charge in [-0.3, -0.25) is 0 Å². The maximum absolute atomic E-state index is 6.02. The summed E-state index contributed by atoms with van der Waals surface area (Å²) in [7, 11) is 0. The fourth-order valence-corrected chi connectivity index (χ4v) is 1.61. The maximum Gasteiger partial charge on any atom is 0.121 e. The molecule has 1 aromatic rings. The number of aryl methyl sites for hydroxylation is 2. The average Bonchev–Trinajstić information content (AvgIpc) is 2.81. The predicted octanol–water partition coefficient (Wildman–Crippen LogP) is 2.70. The molecule has 1 heterocycles. The van der Waals surface area contributed by atoms with Crippen molar-refractivity contribution in [1.82, 2.24) is 0 Å². The summed E-state index contributed by atoms with van der Waals surface area (Å²) in [6, 6.07) is 2.18. The third-order valence-corrected chi connectivity index (χ3v) is 2.83. The Morgan fingerprint density at radius 1 is 1.54 bits per heavy atom. The van der Waals surface area contributed by atoms with Gasteiger partial charge in [0.1, 0.15) is 11.5 Å². The molecule has 0 aliphatic heterocycles. The molecule has 0 bridgehead atoms. The van der Waals surface area contributed by atoms with Gasteiger partial charge in [0.25, 0.3) is 0 Å². The average molecular weight is 179 g/mol. The second kappa shape index (κ2) is 3.18. The molecular weight excluding hydrogens is 162 g/mol. The summed E-state index contributed by atoms with van der Waals surface area (Å²) >= 11 is 0. The van der Waals surface area contributed by atoms with Crippen molar-refractivity contribution in [2.24, 2.45) is 11.7 Å². The summed E-state index contributed by atoms with van der Waals surface area (Å²) in [6.07, 6.45) is 3.80. The molecule has 0 spiro atoms. The standard InChI is InChI=1S/C11H17NO/c1-7-5-11(13-8(7)2)10(12)6-9-3-4-9/h5,9-10H,3-4,6,12H2,1-2H3/t10-/m0/s1. The normalized spacial score (nSPS) is 19.0. The highest BCUT2D eigenvalue weighted by molar-refractivity contribution is 5.20. The molecule has 0 radical (unpaired) electrons. The molecule has 0 unspecified atom stereocenters. The van der Waals surface area contributed by atoms with Crippen LogP contribution in [-0.2, 0) is 0 Å². The van der Waals surface area contributed by atoms with E-state index in [1.54, 1.807) is 0 Å². The molecule has 2 heteroatoms. The van der Waals surface area contributed by atoms with Crippen LogP contribution in [-0.4, -0.2) is 0 Å². The number of hydrogen-bond acceptors (Lipinski definition) is 2. The Hall–Kier alpha value is -0.760. The van der Waals surface area contributed by atoms with Gasteiger partial charge in [-0.05, 0) is 37.8 Å². The topological polar surface area (TPSA) is 39.2 Å². The third-order valence-electron chi connectivity index (χ3n) is 2.83. The van der Waals surface area contributed by atoms with Gasteiger partial charge in [0, 0.05) is 0 Å². The van der Waals surface area contributed by atoms with E-state index in [9.17, 15) is 0 Å². The van der Waals surface area contributed by atoms with Crippen LogP contribution in [0.5, 0.6) is 0 Å². The van der Waals surface area contributed by atoms with E-state index in [4.69, 9.17) is 10.2 Å². The zero-order valence-electron chi connectivity index (χ0n) is 8.34. The lowest BCUT2D eigenvalue weighted by Gasteiger charge is -2.06. The fourth-order valence-electron chi connectivity index (χ4n) is 1.61. The summed E-state index contributed by atoms with van der Waals surface area (Å²) in [5.41, 5.74) is 7.23. The van der Waals surface area contributed by atoms with E-state index in [0.717, 1.165) is 23.9 Å². The van der Waals surface area contributed by atoms with Gasteiger partial charge >= 0.3 is 0 Å². The summed E-state index contributed by atoms with van der Waals surface area (Å²) < 4.78 is 5.58. The van der Waals surface area contributed by atoms with Crippen molar-refractivity contribution < 1.29 is 4.42 Å². The molecular formula is C11H17NO. The van der Waals surface area contributed by atoms with Crippen molar-refractivity contribution in [3.63, 3.8) is 0 Å². The zero-order valence-corrected chi connectivity index (χ0v) is 8.34. The van der Waals surface area contributed by atoms with E-state index in [-0.39, 0.29) is 6.04 Å². The first-order chi connectivity index (χ1) is 6.16. The van der Waals surface area contributed by atoms with Crippen molar-refractivity contribution >= 4 is 0 Å². The first-order valence-electron chi connectivity index (χ1n) is 4.99. The highest BCUT2D eigenvalue weighted by Gasteiger charge is 2.25. The molecule has 72 valence electrons. The molecule has 0 aromatic carbocycles. The van der Waals surface area contributed by atoms with Crippen LogP contribution in [0.4, 0.5) is 0 Å². The number of rotatable bonds is 3. The lowest BCUT2D eigenvalue weighted by Crippen LogP contribution is -2.09. The zero-order chi connectivity index (χ0) is 9.42. The van der Waals surface area contributed by atoms with E-state index in [1.165, 1.54) is 18.4 Å². The summed E-state index contributed by atoms with van der Waals surface area (Å²) in [5, 5.41) is 0. The van der Waals surface area contributed by atoms with Crippen molar-refractivity contribution in [3.05, 3.63) is 23.2 Å². The molecule has 2 N–H and O–H groups in total. The number of nitrogens with two attached hydrogens (primary N) is 1. The lowest BCUT2D eigenvalue weighted by atomic mass is 10.1. The Kier molecular flexibility index (Phi) is 2.16. The quantitative estimate of drug-likeness (QED) is 0.774. The fraction of sp³-hybridized carbons (Fsp3) is 0.636. The van der Waals surface area contributed by atoms with Crippen LogP contribution in [0.1, 0.15) is 42.4 Å². The Morgan fingerprint density at radius 3 is 2.69 bits per heavy atom. The van der Waals surface area contributed by atoms with Crippen LogP contribution < -0.4 is 5.73 Å². The highest BCUT2D eigenvalue weighted by Crippen LogP contribution is 2.37.